The SMILES string of the molecule is COc1ccc(CCNC(=O)CN(Cc2ccccc2F)S(=O)(=O)c2ccc(Cl)cc2)cc1OC. The van der Waals surface area contributed by atoms with Crippen LogP contribution in [0.1, 0.15) is 11.1 Å². The number of benzene rings is 3. The summed E-state index contributed by atoms with van der Waals surface area (Å²) in [5.41, 5.74) is 1.06. The molecule has 0 spiro atoms. The van der Waals surface area contributed by atoms with E-state index >= 15 is 0 Å². The number of carbonyl (C=O) groups is 1. The topological polar surface area (TPSA) is 84.9 Å². The van der Waals surface area contributed by atoms with Crippen molar-refractivity contribution in [2.24, 2.45) is 0 Å². The van der Waals surface area contributed by atoms with Crippen LogP contribution in [-0.4, -0.2) is 45.9 Å². The molecule has 186 valence electrons. The van der Waals surface area contributed by atoms with Gasteiger partial charge in [0.05, 0.1) is 25.7 Å². The Balaban J connectivity index is 1.72. The van der Waals surface area contributed by atoms with Crippen molar-refractivity contribution in [1.82, 2.24) is 9.62 Å². The quantitative estimate of drug-likeness (QED) is 0.412. The van der Waals surface area contributed by atoms with E-state index in [4.69, 9.17) is 21.1 Å². The third-order valence-electron chi connectivity index (χ3n) is 5.26. The minimum atomic E-state index is -4.10. The minimum Gasteiger partial charge on any atom is -0.493 e. The molecule has 0 heterocycles. The second-order valence-electron chi connectivity index (χ2n) is 7.61. The van der Waals surface area contributed by atoms with Crippen molar-refractivity contribution in [2.45, 2.75) is 17.9 Å². The number of ether oxygens (including phenoxy) is 2. The van der Waals surface area contributed by atoms with Crippen molar-refractivity contribution in [3.8, 4) is 11.5 Å². The lowest BCUT2D eigenvalue weighted by Crippen LogP contribution is -2.41. The van der Waals surface area contributed by atoms with Gasteiger partial charge in [-0.2, -0.15) is 4.31 Å². The fourth-order valence-electron chi connectivity index (χ4n) is 3.40. The monoisotopic (exact) mass is 520 g/mol. The molecule has 35 heavy (non-hydrogen) atoms. The Morgan fingerprint density at radius 3 is 2.34 bits per heavy atom. The average Bonchev–Trinajstić information content (AvgIpc) is 2.85. The molecule has 1 N–H and O–H groups in total. The van der Waals surface area contributed by atoms with Gasteiger partial charge >= 0.3 is 0 Å². The van der Waals surface area contributed by atoms with E-state index in [1.54, 1.807) is 25.3 Å². The van der Waals surface area contributed by atoms with Crippen LogP contribution in [0.25, 0.3) is 0 Å². The summed E-state index contributed by atoms with van der Waals surface area (Å²) in [6.45, 7) is -0.519. The molecule has 1 amide bonds. The number of carbonyl (C=O) groups excluding carboxylic acids is 1. The van der Waals surface area contributed by atoms with Crippen LogP contribution >= 0.6 is 11.6 Å². The predicted molar refractivity (Wildman–Crippen MR) is 132 cm³/mol. The first-order valence-electron chi connectivity index (χ1n) is 10.7. The van der Waals surface area contributed by atoms with Gasteiger partial charge in [0, 0.05) is 23.7 Å². The molecule has 3 aromatic carbocycles. The Bertz CT molecular complexity index is 1270. The molecule has 3 rings (SSSR count). The van der Waals surface area contributed by atoms with Crippen LogP contribution in [0.2, 0.25) is 5.02 Å². The van der Waals surface area contributed by atoms with E-state index in [9.17, 15) is 17.6 Å². The van der Waals surface area contributed by atoms with Gasteiger partial charge in [-0.1, -0.05) is 35.9 Å². The van der Waals surface area contributed by atoms with Gasteiger partial charge in [-0.15, -0.1) is 0 Å². The Morgan fingerprint density at radius 1 is 1.00 bits per heavy atom. The van der Waals surface area contributed by atoms with E-state index in [0.717, 1.165) is 9.87 Å². The zero-order valence-corrected chi connectivity index (χ0v) is 20.9. The summed E-state index contributed by atoms with van der Waals surface area (Å²) in [4.78, 5) is 12.7. The Labute approximate surface area is 209 Å². The minimum absolute atomic E-state index is 0.0450. The first-order chi connectivity index (χ1) is 16.7. The van der Waals surface area contributed by atoms with Gasteiger partial charge in [0.2, 0.25) is 15.9 Å². The van der Waals surface area contributed by atoms with Gasteiger partial charge < -0.3 is 14.8 Å². The second-order valence-corrected chi connectivity index (χ2v) is 9.98. The van der Waals surface area contributed by atoms with Crippen LogP contribution in [0.4, 0.5) is 4.39 Å². The summed E-state index contributed by atoms with van der Waals surface area (Å²) < 4.78 is 52.3. The molecule has 0 aliphatic carbocycles. The second kappa shape index (κ2) is 12.0. The molecule has 0 fully saturated rings. The lowest BCUT2D eigenvalue weighted by molar-refractivity contribution is -0.121. The van der Waals surface area contributed by atoms with Crippen LogP contribution < -0.4 is 14.8 Å². The van der Waals surface area contributed by atoms with Gasteiger partial charge in [-0.25, -0.2) is 12.8 Å². The van der Waals surface area contributed by atoms with Crippen molar-refractivity contribution in [3.05, 3.63) is 88.7 Å². The average molecular weight is 521 g/mol. The summed E-state index contributed by atoms with van der Waals surface area (Å²) >= 11 is 5.88. The normalized spacial score (nSPS) is 11.3. The third-order valence-corrected chi connectivity index (χ3v) is 7.32. The van der Waals surface area contributed by atoms with E-state index in [-0.39, 0.29) is 23.5 Å². The van der Waals surface area contributed by atoms with Gasteiger partial charge in [0.1, 0.15) is 5.82 Å². The van der Waals surface area contributed by atoms with Crippen molar-refractivity contribution in [2.75, 3.05) is 27.3 Å². The number of nitrogens with one attached hydrogen (secondary N) is 1. The summed E-state index contributed by atoms with van der Waals surface area (Å²) in [6, 6.07) is 16.8. The fourth-order valence-corrected chi connectivity index (χ4v) is 4.90. The van der Waals surface area contributed by atoms with E-state index < -0.39 is 28.3 Å². The summed E-state index contributed by atoms with van der Waals surface area (Å²) in [5.74, 6) is 0.0925. The highest BCUT2D eigenvalue weighted by Gasteiger charge is 2.27. The van der Waals surface area contributed by atoms with Crippen molar-refractivity contribution in [1.29, 1.82) is 0 Å². The molecule has 7 nitrogen and oxygen atoms in total. The molecule has 0 unspecified atom stereocenters. The number of hydrogen-bond acceptors (Lipinski definition) is 5. The summed E-state index contributed by atoms with van der Waals surface area (Å²) in [6.07, 6.45) is 0.489. The molecular weight excluding hydrogens is 495 g/mol. The Morgan fingerprint density at radius 2 is 1.69 bits per heavy atom. The van der Waals surface area contributed by atoms with E-state index in [2.05, 4.69) is 5.32 Å². The molecule has 0 atom stereocenters. The summed E-state index contributed by atoms with van der Waals surface area (Å²) in [5, 5.41) is 3.10. The molecule has 0 aliphatic heterocycles. The molecule has 0 radical (unpaired) electrons. The lowest BCUT2D eigenvalue weighted by Gasteiger charge is -2.22. The maximum Gasteiger partial charge on any atom is 0.243 e. The molecule has 0 aromatic heterocycles. The van der Waals surface area contributed by atoms with Crippen LogP contribution in [0.3, 0.4) is 0 Å². The molecule has 0 saturated carbocycles. The number of hydrogen-bond donors (Lipinski definition) is 1. The predicted octanol–water partition coefficient (Wildman–Crippen LogP) is 4.05. The highest BCUT2D eigenvalue weighted by atomic mass is 35.5. The van der Waals surface area contributed by atoms with Crippen LogP contribution in [0.5, 0.6) is 11.5 Å². The zero-order valence-electron chi connectivity index (χ0n) is 19.3. The lowest BCUT2D eigenvalue weighted by atomic mass is 10.1. The maximum absolute atomic E-state index is 14.3. The fraction of sp³-hybridized carbons (Fsp3) is 0.240. The zero-order chi connectivity index (χ0) is 25.4. The molecule has 10 heteroatoms. The van der Waals surface area contributed by atoms with Crippen LogP contribution in [-0.2, 0) is 27.8 Å². The van der Waals surface area contributed by atoms with Gasteiger partial charge in [0.25, 0.3) is 0 Å². The summed E-state index contributed by atoms with van der Waals surface area (Å²) in [7, 11) is -1.02. The van der Waals surface area contributed by atoms with E-state index in [0.29, 0.717) is 22.9 Å². The van der Waals surface area contributed by atoms with Crippen LogP contribution in [0.15, 0.2) is 71.6 Å². The number of sulfonamides is 1. The number of rotatable bonds is 11. The van der Waals surface area contributed by atoms with Gasteiger partial charge in [0.15, 0.2) is 11.5 Å². The van der Waals surface area contributed by atoms with Crippen molar-refractivity contribution >= 4 is 27.5 Å². The first-order valence-corrected chi connectivity index (χ1v) is 12.5. The first kappa shape index (κ1) is 26.5. The number of methoxy groups -OCH3 is 2. The van der Waals surface area contributed by atoms with Crippen molar-refractivity contribution < 1.29 is 27.1 Å². The van der Waals surface area contributed by atoms with E-state index in [1.165, 1.54) is 49.6 Å². The van der Waals surface area contributed by atoms with Crippen molar-refractivity contribution in [3.63, 3.8) is 0 Å². The highest BCUT2D eigenvalue weighted by molar-refractivity contribution is 7.89. The van der Waals surface area contributed by atoms with Crippen LogP contribution in [0, 0.1) is 5.82 Å². The molecule has 0 saturated heterocycles. The Kier molecular flexibility index (Phi) is 9.08. The standard InChI is InChI=1S/C25H26ClFN2O5S/c1-33-23-12-7-18(15-24(23)34-2)13-14-28-25(30)17-29(16-19-5-3-4-6-22(19)27)35(31,32)21-10-8-20(26)9-11-21/h3-12,15H,13-14,16-17H2,1-2H3,(H,28,30). The van der Waals surface area contributed by atoms with E-state index in [1.807, 2.05) is 6.07 Å². The highest BCUT2D eigenvalue weighted by Crippen LogP contribution is 2.27. The number of halogens is 2. The smallest absolute Gasteiger partial charge is 0.243 e. The molecule has 0 bridgehead atoms. The Hall–Kier alpha value is -3.14. The van der Waals surface area contributed by atoms with Gasteiger partial charge in [-0.05, 0) is 54.4 Å². The maximum atomic E-state index is 14.3. The molecule has 0 aliphatic rings. The number of amides is 1. The molecular formula is C25H26ClFN2O5S. The third kappa shape index (κ3) is 6.94. The largest absolute Gasteiger partial charge is 0.493 e. The number of nitrogens with zero attached hydrogens (tertiary/aromatic N) is 1. The molecule has 3 aromatic rings. The van der Waals surface area contributed by atoms with Gasteiger partial charge in [-0.3, -0.25) is 4.79 Å².